The monoisotopic (exact) mass is 780 g/mol. The van der Waals surface area contributed by atoms with E-state index in [2.05, 4.69) is 254 Å². The van der Waals surface area contributed by atoms with Gasteiger partial charge in [0.05, 0.1) is 16.8 Å². The van der Waals surface area contributed by atoms with E-state index in [-0.39, 0.29) is 0 Å². The van der Waals surface area contributed by atoms with Crippen LogP contribution in [-0.2, 0) is 5.41 Å². The van der Waals surface area contributed by atoms with Crippen LogP contribution in [0.1, 0.15) is 33.4 Å². The number of hydrogen-bond acceptors (Lipinski definition) is 2. The van der Waals surface area contributed by atoms with Gasteiger partial charge < -0.3 is 9.80 Å². The first-order valence-electron chi connectivity index (χ1n) is 21.2. The standard InChI is InChI=1S/C59H44N2/c1-41-27-31-47(32-28-41)60(57-25-13-17-43-15-9-11-23-51(43)57)49-35-37-53-54-38-36-50(61(48-33-29-42(2)30-34-48)58-26-14-18-44-16-10-12-24-52(44)58)40-56(54)59(55(53)39-49,45-19-5-3-6-20-45)46-21-7-4-8-22-46/h3-40H,1-2H3. The highest BCUT2D eigenvalue weighted by Crippen LogP contribution is 2.58. The molecule has 0 bridgehead atoms. The second kappa shape index (κ2) is 14.9. The zero-order valence-electron chi connectivity index (χ0n) is 34.3. The van der Waals surface area contributed by atoms with E-state index >= 15 is 0 Å². The number of aryl methyl sites for hydroxylation is 2. The zero-order chi connectivity index (χ0) is 40.9. The molecule has 0 aliphatic heterocycles. The number of fused-ring (bicyclic) bond motifs is 5. The van der Waals surface area contributed by atoms with Gasteiger partial charge in [0, 0.05) is 33.5 Å². The summed E-state index contributed by atoms with van der Waals surface area (Å²) in [6, 6.07) is 85.2. The minimum atomic E-state index is -0.630. The molecule has 1 aliphatic carbocycles. The normalized spacial score (nSPS) is 12.6. The molecule has 0 saturated carbocycles. The van der Waals surface area contributed by atoms with Crippen molar-refractivity contribution in [2.24, 2.45) is 0 Å². The molecule has 2 heteroatoms. The Morgan fingerprint density at radius 3 is 1.10 bits per heavy atom. The van der Waals surface area contributed by atoms with Crippen molar-refractivity contribution in [2.75, 3.05) is 9.80 Å². The first-order valence-corrected chi connectivity index (χ1v) is 21.2. The molecule has 61 heavy (non-hydrogen) atoms. The topological polar surface area (TPSA) is 6.48 Å². The molecule has 10 aromatic rings. The fourth-order valence-electron chi connectivity index (χ4n) is 9.79. The molecular formula is C59H44N2. The highest BCUT2D eigenvalue weighted by Gasteiger charge is 2.47. The Morgan fingerprint density at radius 2 is 0.672 bits per heavy atom. The summed E-state index contributed by atoms with van der Waals surface area (Å²) in [6.45, 7) is 4.31. The summed E-state index contributed by atoms with van der Waals surface area (Å²) in [4.78, 5) is 4.88. The van der Waals surface area contributed by atoms with Crippen LogP contribution in [0.25, 0.3) is 32.7 Å². The molecule has 290 valence electrons. The molecule has 0 saturated heterocycles. The third kappa shape index (κ3) is 6.02. The average molecular weight is 781 g/mol. The Balaban J connectivity index is 1.20. The first kappa shape index (κ1) is 36.4. The zero-order valence-corrected chi connectivity index (χ0v) is 34.3. The molecule has 0 atom stereocenters. The maximum atomic E-state index is 2.47. The van der Waals surface area contributed by atoms with E-state index in [1.165, 1.54) is 66.1 Å². The Labute approximate surface area is 358 Å². The molecule has 0 aromatic heterocycles. The van der Waals surface area contributed by atoms with Crippen molar-refractivity contribution in [3.63, 3.8) is 0 Å². The van der Waals surface area contributed by atoms with Crippen LogP contribution in [0.2, 0.25) is 0 Å². The maximum Gasteiger partial charge on any atom is 0.0715 e. The lowest BCUT2D eigenvalue weighted by atomic mass is 9.67. The molecule has 11 rings (SSSR count). The Morgan fingerprint density at radius 1 is 0.311 bits per heavy atom. The van der Waals surface area contributed by atoms with Crippen LogP contribution in [0.4, 0.5) is 34.1 Å². The van der Waals surface area contributed by atoms with Gasteiger partial charge >= 0.3 is 0 Å². The van der Waals surface area contributed by atoms with Crippen LogP contribution in [0.3, 0.4) is 0 Å². The van der Waals surface area contributed by atoms with Gasteiger partial charge in [-0.2, -0.15) is 0 Å². The van der Waals surface area contributed by atoms with Gasteiger partial charge in [-0.1, -0.05) is 181 Å². The number of benzene rings is 10. The molecule has 0 heterocycles. The van der Waals surface area contributed by atoms with Gasteiger partial charge in [-0.25, -0.2) is 0 Å². The minimum Gasteiger partial charge on any atom is -0.310 e. The number of nitrogens with zero attached hydrogens (tertiary/aromatic N) is 2. The highest BCUT2D eigenvalue weighted by molar-refractivity contribution is 6.01. The lowest BCUT2D eigenvalue weighted by molar-refractivity contribution is 0.768. The smallest absolute Gasteiger partial charge is 0.0715 e. The summed E-state index contributed by atoms with van der Waals surface area (Å²) in [7, 11) is 0. The lowest BCUT2D eigenvalue weighted by Crippen LogP contribution is -2.29. The van der Waals surface area contributed by atoms with Gasteiger partial charge in [0.1, 0.15) is 0 Å². The van der Waals surface area contributed by atoms with E-state index in [0.717, 1.165) is 34.1 Å². The molecule has 2 nitrogen and oxygen atoms in total. The summed E-state index contributed by atoms with van der Waals surface area (Å²) >= 11 is 0. The van der Waals surface area contributed by atoms with Gasteiger partial charge in [0.15, 0.2) is 0 Å². The molecule has 0 amide bonds. The summed E-state index contributed by atoms with van der Waals surface area (Å²) in [6.07, 6.45) is 0. The van der Waals surface area contributed by atoms with Crippen LogP contribution in [0.5, 0.6) is 0 Å². The predicted molar refractivity (Wildman–Crippen MR) is 258 cm³/mol. The summed E-state index contributed by atoms with van der Waals surface area (Å²) < 4.78 is 0. The molecule has 0 unspecified atom stereocenters. The van der Waals surface area contributed by atoms with Crippen LogP contribution < -0.4 is 9.80 Å². The predicted octanol–water partition coefficient (Wildman–Crippen LogP) is 15.9. The molecule has 0 radical (unpaired) electrons. The van der Waals surface area contributed by atoms with Crippen LogP contribution in [0.15, 0.2) is 231 Å². The average Bonchev–Trinajstić information content (AvgIpc) is 3.61. The van der Waals surface area contributed by atoms with Crippen molar-refractivity contribution >= 4 is 55.7 Å². The Kier molecular flexibility index (Phi) is 8.86. The van der Waals surface area contributed by atoms with Crippen LogP contribution in [-0.4, -0.2) is 0 Å². The Hall–Kier alpha value is -7.68. The van der Waals surface area contributed by atoms with Crippen molar-refractivity contribution < 1.29 is 0 Å². The fourth-order valence-corrected chi connectivity index (χ4v) is 9.79. The van der Waals surface area contributed by atoms with Gasteiger partial charge in [-0.05, 0) is 119 Å². The highest BCUT2D eigenvalue weighted by atomic mass is 15.1. The van der Waals surface area contributed by atoms with Crippen molar-refractivity contribution in [2.45, 2.75) is 19.3 Å². The van der Waals surface area contributed by atoms with Gasteiger partial charge in [-0.15, -0.1) is 0 Å². The number of rotatable bonds is 8. The maximum absolute atomic E-state index is 2.47. The first-order chi connectivity index (χ1) is 30.1. The lowest BCUT2D eigenvalue weighted by Gasteiger charge is -2.36. The summed E-state index contributed by atoms with van der Waals surface area (Å²) in [5.41, 5.74) is 16.1. The number of anilines is 6. The van der Waals surface area contributed by atoms with E-state index in [9.17, 15) is 0 Å². The quantitative estimate of drug-likeness (QED) is 0.152. The van der Waals surface area contributed by atoms with Crippen molar-refractivity contribution in [3.05, 3.63) is 264 Å². The SMILES string of the molecule is Cc1ccc(N(c2ccc3c(c2)C(c2ccccc2)(c2ccccc2)c2cc(N(c4ccc(C)cc4)c4cccc5ccccc45)ccc2-3)c2cccc3ccccc23)cc1. The second-order valence-electron chi connectivity index (χ2n) is 16.3. The van der Waals surface area contributed by atoms with E-state index < -0.39 is 5.41 Å². The van der Waals surface area contributed by atoms with E-state index in [0.29, 0.717) is 0 Å². The second-order valence-corrected chi connectivity index (χ2v) is 16.3. The van der Waals surface area contributed by atoms with E-state index in [1.807, 2.05) is 0 Å². The minimum absolute atomic E-state index is 0.630. The van der Waals surface area contributed by atoms with E-state index in [1.54, 1.807) is 0 Å². The largest absolute Gasteiger partial charge is 0.310 e. The molecular weight excluding hydrogens is 737 g/mol. The molecule has 0 fully saturated rings. The van der Waals surface area contributed by atoms with Crippen LogP contribution in [0, 0.1) is 13.8 Å². The molecule has 1 aliphatic rings. The third-order valence-corrected chi connectivity index (χ3v) is 12.6. The van der Waals surface area contributed by atoms with Crippen molar-refractivity contribution in [1.29, 1.82) is 0 Å². The molecule has 0 spiro atoms. The van der Waals surface area contributed by atoms with Gasteiger partial charge in [0.25, 0.3) is 0 Å². The van der Waals surface area contributed by atoms with Crippen molar-refractivity contribution in [1.82, 2.24) is 0 Å². The van der Waals surface area contributed by atoms with Crippen molar-refractivity contribution in [3.8, 4) is 11.1 Å². The van der Waals surface area contributed by atoms with E-state index in [4.69, 9.17) is 0 Å². The Bertz CT molecular complexity index is 2970. The third-order valence-electron chi connectivity index (χ3n) is 12.6. The fraction of sp³-hybridized carbons (Fsp3) is 0.0508. The summed E-state index contributed by atoms with van der Waals surface area (Å²) in [5.74, 6) is 0. The van der Waals surface area contributed by atoms with Gasteiger partial charge in [-0.3, -0.25) is 0 Å². The summed E-state index contributed by atoms with van der Waals surface area (Å²) in [5, 5.41) is 4.85. The number of hydrogen-bond donors (Lipinski definition) is 0. The van der Waals surface area contributed by atoms with Gasteiger partial charge in [0.2, 0.25) is 0 Å². The molecule has 0 N–H and O–H groups in total. The van der Waals surface area contributed by atoms with Crippen LogP contribution >= 0.6 is 0 Å². The molecule has 10 aromatic carbocycles.